The van der Waals surface area contributed by atoms with Gasteiger partial charge in [-0.25, -0.2) is 14.4 Å². The quantitative estimate of drug-likeness (QED) is 0.474. The predicted octanol–water partition coefficient (Wildman–Crippen LogP) is 5.10. The molecule has 2 aliphatic heterocycles. The van der Waals surface area contributed by atoms with Crippen molar-refractivity contribution in [3.63, 3.8) is 0 Å². The summed E-state index contributed by atoms with van der Waals surface area (Å²) in [4.78, 5) is 23.6. The van der Waals surface area contributed by atoms with Crippen molar-refractivity contribution in [3.8, 4) is 11.3 Å². The number of piperazine rings is 1. The smallest absolute Gasteiger partial charge is 0.228 e. The van der Waals surface area contributed by atoms with Gasteiger partial charge >= 0.3 is 0 Å². The molecular weight excluding hydrogens is 477 g/mol. The first kappa shape index (κ1) is 24.6. The Morgan fingerprint density at radius 2 is 1.69 bits per heavy atom. The minimum absolute atomic E-state index is 0.180. The molecular formula is C27H33ClFN7. The largest absolute Gasteiger partial charge is 0.363 e. The zero-order chi connectivity index (χ0) is 25.4. The highest BCUT2D eigenvalue weighted by molar-refractivity contribution is 6.33. The number of aromatic nitrogens is 3. The fourth-order valence-electron chi connectivity index (χ4n) is 5.08. The lowest BCUT2D eigenvalue weighted by Crippen LogP contribution is -2.53. The van der Waals surface area contributed by atoms with Crippen LogP contribution in [0.25, 0.3) is 11.3 Å². The van der Waals surface area contributed by atoms with Crippen LogP contribution in [0, 0.1) is 5.82 Å². The lowest BCUT2D eigenvalue weighted by Gasteiger charge is -2.41. The van der Waals surface area contributed by atoms with Crippen molar-refractivity contribution in [1.29, 1.82) is 0 Å². The van der Waals surface area contributed by atoms with Gasteiger partial charge in [-0.05, 0) is 63.1 Å². The van der Waals surface area contributed by atoms with Gasteiger partial charge in [-0.2, -0.15) is 4.98 Å². The van der Waals surface area contributed by atoms with Gasteiger partial charge in [0.1, 0.15) is 23.3 Å². The Bertz CT molecular complexity index is 1220. The maximum Gasteiger partial charge on any atom is 0.228 e. The first-order valence-electron chi connectivity index (χ1n) is 12.6. The lowest BCUT2D eigenvalue weighted by atomic mass is 10.1. The molecule has 3 aromatic rings. The van der Waals surface area contributed by atoms with Crippen LogP contribution in [0.4, 0.5) is 27.8 Å². The molecule has 0 radical (unpaired) electrons. The zero-order valence-electron chi connectivity index (χ0n) is 21.3. The molecule has 2 fully saturated rings. The predicted molar refractivity (Wildman–Crippen MR) is 146 cm³/mol. The van der Waals surface area contributed by atoms with Crippen LogP contribution >= 0.6 is 11.6 Å². The van der Waals surface area contributed by atoms with Gasteiger partial charge in [0, 0.05) is 64.0 Å². The molecule has 36 heavy (non-hydrogen) atoms. The molecule has 7 nitrogen and oxygen atoms in total. The van der Waals surface area contributed by atoms with Crippen LogP contribution in [0.3, 0.4) is 0 Å². The van der Waals surface area contributed by atoms with Gasteiger partial charge in [-0.3, -0.25) is 0 Å². The van der Waals surface area contributed by atoms with Crippen molar-refractivity contribution in [3.05, 3.63) is 53.3 Å². The molecule has 9 heteroatoms. The van der Waals surface area contributed by atoms with E-state index in [1.54, 1.807) is 12.1 Å². The first-order chi connectivity index (χ1) is 17.3. The molecule has 2 saturated heterocycles. The number of halogens is 2. The van der Waals surface area contributed by atoms with Crippen LogP contribution < -0.4 is 19.6 Å². The van der Waals surface area contributed by atoms with Crippen LogP contribution in [-0.2, 0) is 0 Å². The highest BCUT2D eigenvalue weighted by Crippen LogP contribution is 2.32. The van der Waals surface area contributed by atoms with Gasteiger partial charge in [-0.15, -0.1) is 0 Å². The van der Waals surface area contributed by atoms with Gasteiger partial charge in [0.25, 0.3) is 0 Å². The Morgan fingerprint density at radius 1 is 0.917 bits per heavy atom. The number of pyridine rings is 1. The molecule has 1 aromatic carbocycles. The third kappa shape index (κ3) is 4.91. The van der Waals surface area contributed by atoms with E-state index < -0.39 is 0 Å². The van der Waals surface area contributed by atoms with Gasteiger partial charge in [0.05, 0.1) is 10.7 Å². The first-order valence-corrected chi connectivity index (χ1v) is 12.9. The number of hydrogen-bond donors (Lipinski definition) is 0. The summed E-state index contributed by atoms with van der Waals surface area (Å²) >= 11 is 6.55. The van der Waals surface area contributed by atoms with Gasteiger partial charge < -0.3 is 19.6 Å². The number of rotatable bonds is 5. The van der Waals surface area contributed by atoms with Crippen molar-refractivity contribution in [1.82, 2.24) is 15.0 Å². The van der Waals surface area contributed by atoms with Crippen LogP contribution in [-0.4, -0.2) is 67.3 Å². The molecule has 0 saturated carbocycles. The normalized spacial score (nSPS) is 20.2. The summed E-state index contributed by atoms with van der Waals surface area (Å²) < 4.78 is 13.6. The molecule has 190 valence electrons. The standard InChI is InChI=1S/C27H33ClFN7/c1-18-6-5-13-36(18)27-30-23(20-7-9-21(29)10-8-20)16-25(32-27)35-15-14-34(17-19(35)2)26-22(28)11-12-24(31-26)33(3)4/h7-12,16,18-19H,5-6,13-15,17H2,1-4H3/t18?,19-/m1/s1. The second kappa shape index (κ2) is 10.1. The molecule has 1 unspecified atom stereocenters. The molecule has 2 aliphatic rings. The van der Waals surface area contributed by atoms with E-state index in [2.05, 4.69) is 28.5 Å². The highest BCUT2D eigenvalue weighted by Gasteiger charge is 2.29. The van der Waals surface area contributed by atoms with E-state index in [1.807, 2.05) is 37.2 Å². The van der Waals surface area contributed by atoms with Crippen molar-refractivity contribution < 1.29 is 4.39 Å². The fourth-order valence-corrected chi connectivity index (χ4v) is 5.30. The van der Waals surface area contributed by atoms with Gasteiger partial charge in [0.15, 0.2) is 0 Å². The van der Waals surface area contributed by atoms with Crippen molar-refractivity contribution in [2.24, 2.45) is 0 Å². The number of benzene rings is 1. The number of anilines is 4. The van der Waals surface area contributed by atoms with Gasteiger partial charge in [-0.1, -0.05) is 11.6 Å². The number of nitrogens with zero attached hydrogens (tertiary/aromatic N) is 7. The zero-order valence-corrected chi connectivity index (χ0v) is 22.1. The average Bonchev–Trinajstić information content (AvgIpc) is 3.30. The summed E-state index contributed by atoms with van der Waals surface area (Å²) in [6, 6.07) is 13.0. The van der Waals surface area contributed by atoms with Crippen molar-refractivity contribution in [2.45, 2.75) is 38.8 Å². The van der Waals surface area contributed by atoms with E-state index in [9.17, 15) is 4.39 Å². The Morgan fingerprint density at radius 3 is 2.36 bits per heavy atom. The van der Waals surface area contributed by atoms with E-state index in [1.165, 1.54) is 12.1 Å². The Hall–Kier alpha value is -3.13. The van der Waals surface area contributed by atoms with Crippen molar-refractivity contribution >= 4 is 35.0 Å². The maximum absolute atomic E-state index is 13.6. The summed E-state index contributed by atoms with van der Waals surface area (Å²) in [6.45, 7) is 7.70. The summed E-state index contributed by atoms with van der Waals surface area (Å²) in [5.41, 5.74) is 1.70. The average molecular weight is 510 g/mol. The molecule has 0 spiro atoms. The Labute approximate surface area is 217 Å². The minimum atomic E-state index is -0.253. The molecule has 0 N–H and O–H groups in total. The molecule has 2 aromatic heterocycles. The SMILES string of the molecule is CC1CCCN1c1nc(-c2ccc(F)cc2)cc(N2CCN(c3nc(N(C)C)ccc3Cl)C[C@H]2C)n1. The second-order valence-electron chi connectivity index (χ2n) is 9.96. The van der Waals surface area contributed by atoms with Crippen LogP contribution in [0.15, 0.2) is 42.5 Å². The summed E-state index contributed by atoms with van der Waals surface area (Å²) in [7, 11) is 3.96. The summed E-state index contributed by atoms with van der Waals surface area (Å²) in [6.07, 6.45) is 2.27. The Kier molecular flexibility index (Phi) is 6.88. The maximum atomic E-state index is 13.6. The minimum Gasteiger partial charge on any atom is -0.363 e. The molecule has 4 heterocycles. The summed E-state index contributed by atoms with van der Waals surface area (Å²) in [5.74, 6) is 3.09. The highest BCUT2D eigenvalue weighted by atomic mass is 35.5. The van der Waals surface area contributed by atoms with E-state index in [0.29, 0.717) is 11.1 Å². The molecule has 0 bridgehead atoms. The number of hydrogen-bond acceptors (Lipinski definition) is 7. The van der Waals surface area contributed by atoms with Crippen LogP contribution in [0.5, 0.6) is 0 Å². The molecule has 0 aliphatic carbocycles. The summed E-state index contributed by atoms with van der Waals surface area (Å²) in [5, 5.41) is 0.659. The fraction of sp³-hybridized carbons (Fsp3) is 0.444. The second-order valence-corrected chi connectivity index (χ2v) is 10.4. The monoisotopic (exact) mass is 509 g/mol. The van der Waals surface area contributed by atoms with Crippen LogP contribution in [0.2, 0.25) is 5.02 Å². The van der Waals surface area contributed by atoms with E-state index >= 15 is 0 Å². The van der Waals surface area contributed by atoms with Crippen LogP contribution in [0.1, 0.15) is 26.7 Å². The molecule has 2 atom stereocenters. The van der Waals surface area contributed by atoms with E-state index in [4.69, 9.17) is 26.6 Å². The van der Waals surface area contributed by atoms with E-state index in [-0.39, 0.29) is 11.9 Å². The van der Waals surface area contributed by atoms with Gasteiger partial charge in [0.2, 0.25) is 5.95 Å². The third-order valence-corrected chi connectivity index (χ3v) is 7.44. The molecule has 5 rings (SSSR count). The Balaban J connectivity index is 1.45. The molecule has 0 amide bonds. The van der Waals surface area contributed by atoms with Crippen molar-refractivity contribution in [2.75, 3.05) is 59.9 Å². The topological polar surface area (TPSA) is 51.6 Å². The lowest BCUT2D eigenvalue weighted by molar-refractivity contribution is 0.542. The third-order valence-electron chi connectivity index (χ3n) is 7.14. The van der Waals surface area contributed by atoms with E-state index in [0.717, 1.165) is 73.7 Å².